The number of carboxylic acids is 1. The van der Waals surface area contributed by atoms with Crippen LogP contribution in [-0.4, -0.2) is 78.9 Å². The summed E-state index contributed by atoms with van der Waals surface area (Å²) in [6, 6.07) is 0.0644. The summed E-state index contributed by atoms with van der Waals surface area (Å²) in [4.78, 5) is 15.7. The van der Waals surface area contributed by atoms with Gasteiger partial charge in [-0.25, -0.2) is 0 Å². The van der Waals surface area contributed by atoms with E-state index in [4.69, 9.17) is 10.5 Å². The fourth-order valence-corrected chi connectivity index (χ4v) is 2.91. The van der Waals surface area contributed by atoms with E-state index in [-0.39, 0.29) is 0 Å². The zero-order valence-electron chi connectivity index (χ0n) is 10.8. The molecule has 6 heteroatoms. The highest BCUT2D eigenvalue weighted by molar-refractivity contribution is 5.73. The van der Waals surface area contributed by atoms with Crippen molar-refractivity contribution < 1.29 is 14.6 Å². The lowest BCUT2D eigenvalue weighted by molar-refractivity contribution is -0.143. The van der Waals surface area contributed by atoms with Gasteiger partial charge in [0.15, 0.2) is 0 Å². The molecule has 2 rings (SSSR count). The lowest BCUT2D eigenvalue weighted by Gasteiger charge is -2.32. The molecule has 2 heterocycles. The third-order valence-electron chi connectivity index (χ3n) is 3.92. The van der Waals surface area contributed by atoms with Crippen LogP contribution in [0.4, 0.5) is 0 Å². The average Bonchev–Trinajstić information content (AvgIpc) is 2.86. The Hall–Kier alpha value is -0.690. The summed E-state index contributed by atoms with van der Waals surface area (Å²) in [6.45, 7) is 5.65. The first kappa shape index (κ1) is 13.7. The van der Waals surface area contributed by atoms with Gasteiger partial charge in [0, 0.05) is 32.2 Å². The maximum atomic E-state index is 11.2. The predicted octanol–water partition coefficient (Wildman–Crippen LogP) is -0.805. The second-order valence-electron chi connectivity index (χ2n) is 5.02. The molecule has 2 aliphatic rings. The maximum Gasteiger partial charge on any atom is 0.320 e. The number of nitrogens with two attached hydrogens (primary N) is 1. The summed E-state index contributed by atoms with van der Waals surface area (Å²) in [7, 11) is 0. The van der Waals surface area contributed by atoms with Crippen LogP contribution in [0.5, 0.6) is 0 Å². The largest absolute Gasteiger partial charge is 0.480 e. The summed E-state index contributed by atoms with van der Waals surface area (Å²) in [5.74, 6) is -0.747. The number of aliphatic carboxylic acids is 1. The molecule has 0 aliphatic carbocycles. The van der Waals surface area contributed by atoms with Gasteiger partial charge in [0.05, 0.1) is 13.2 Å². The van der Waals surface area contributed by atoms with E-state index >= 15 is 0 Å². The van der Waals surface area contributed by atoms with Gasteiger partial charge in [-0.3, -0.25) is 14.6 Å². The first-order valence-electron chi connectivity index (χ1n) is 6.71. The number of carboxylic acid groups (broad SMARTS) is 1. The molecule has 2 fully saturated rings. The Morgan fingerprint density at radius 2 is 2.11 bits per heavy atom. The van der Waals surface area contributed by atoms with Crippen LogP contribution in [0.25, 0.3) is 0 Å². The average molecular weight is 257 g/mol. The van der Waals surface area contributed by atoms with Crippen LogP contribution in [-0.2, 0) is 9.53 Å². The highest BCUT2D eigenvalue weighted by Crippen LogP contribution is 2.20. The predicted molar refractivity (Wildman–Crippen MR) is 67.5 cm³/mol. The number of likely N-dealkylation sites (tertiary alicyclic amines) is 1. The van der Waals surface area contributed by atoms with Gasteiger partial charge in [0.2, 0.25) is 0 Å². The van der Waals surface area contributed by atoms with E-state index in [2.05, 4.69) is 9.80 Å². The molecule has 6 nitrogen and oxygen atoms in total. The zero-order chi connectivity index (χ0) is 13.0. The van der Waals surface area contributed by atoms with Gasteiger partial charge in [0.25, 0.3) is 0 Å². The van der Waals surface area contributed by atoms with Crippen molar-refractivity contribution in [3.63, 3.8) is 0 Å². The second kappa shape index (κ2) is 6.47. The van der Waals surface area contributed by atoms with Crippen LogP contribution >= 0.6 is 0 Å². The molecule has 0 spiro atoms. The van der Waals surface area contributed by atoms with Gasteiger partial charge in [-0.2, -0.15) is 0 Å². The Bertz CT molecular complexity index is 282. The van der Waals surface area contributed by atoms with Crippen LogP contribution in [0.3, 0.4) is 0 Å². The highest BCUT2D eigenvalue weighted by atomic mass is 16.5. The van der Waals surface area contributed by atoms with Crippen molar-refractivity contribution in [2.45, 2.75) is 24.9 Å². The molecule has 2 aliphatic heterocycles. The minimum absolute atomic E-state index is 0.416. The Morgan fingerprint density at radius 1 is 1.39 bits per heavy atom. The van der Waals surface area contributed by atoms with Crippen LogP contribution in [0.1, 0.15) is 12.8 Å². The molecule has 0 radical (unpaired) electrons. The van der Waals surface area contributed by atoms with Crippen molar-refractivity contribution in [2.24, 2.45) is 5.73 Å². The van der Waals surface area contributed by atoms with Crippen LogP contribution in [0.15, 0.2) is 0 Å². The Labute approximate surface area is 108 Å². The van der Waals surface area contributed by atoms with Crippen molar-refractivity contribution in [3.05, 3.63) is 0 Å². The summed E-state index contributed by atoms with van der Waals surface area (Å²) in [6.07, 6.45) is 1.58. The van der Waals surface area contributed by atoms with Gasteiger partial charge in [-0.05, 0) is 19.4 Å². The van der Waals surface area contributed by atoms with Gasteiger partial charge in [-0.15, -0.1) is 0 Å². The normalized spacial score (nSPS) is 28.4. The standard InChI is InChI=1S/C12H23N3O3/c13-3-1-11(12(16)17)15-4-2-10(9-15)14-5-7-18-8-6-14/h10-11H,1-9,13H2,(H,16,17). The van der Waals surface area contributed by atoms with Crippen molar-refractivity contribution >= 4 is 5.97 Å². The number of morpholine rings is 1. The molecule has 3 N–H and O–H groups in total. The molecule has 0 aromatic rings. The first-order valence-corrected chi connectivity index (χ1v) is 6.71. The van der Waals surface area contributed by atoms with Crippen molar-refractivity contribution in [1.29, 1.82) is 0 Å². The summed E-state index contributed by atoms with van der Waals surface area (Å²) >= 11 is 0. The molecular formula is C12H23N3O3. The molecule has 0 amide bonds. The number of carbonyl (C=O) groups is 1. The summed E-state index contributed by atoms with van der Waals surface area (Å²) in [5.41, 5.74) is 5.50. The molecular weight excluding hydrogens is 234 g/mol. The Morgan fingerprint density at radius 3 is 2.72 bits per heavy atom. The smallest absolute Gasteiger partial charge is 0.320 e. The van der Waals surface area contributed by atoms with Gasteiger partial charge >= 0.3 is 5.97 Å². The quantitative estimate of drug-likeness (QED) is 0.671. The SMILES string of the molecule is NCCC(C(=O)O)N1CCC(N2CCOCC2)C1. The van der Waals surface area contributed by atoms with Gasteiger partial charge in [-0.1, -0.05) is 0 Å². The highest BCUT2D eigenvalue weighted by Gasteiger charge is 2.34. The minimum Gasteiger partial charge on any atom is -0.480 e. The number of nitrogens with zero attached hydrogens (tertiary/aromatic N) is 2. The fourth-order valence-electron chi connectivity index (χ4n) is 2.91. The monoisotopic (exact) mass is 257 g/mol. The van der Waals surface area contributed by atoms with Crippen molar-refractivity contribution in [1.82, 2.24) is 9.80 Å². The molecule has 2 saturated heterocycles. The lowest BCUT2D eigenvalue weighted by Crippen LogP contribution is -2.47. The van der Waals surface area contributed by atoms with Crippen LogP contribution in [0.2, 0.25) is 0 Å². The fraction of sp³-hybridized carbons (Fsp3) is 0.917. The van der Waals surface area contributed by atoms with E-state index < -0.39 is 12.0 Å². The number of ether oxygens (including phenoxy) is 1. The summed E-state index contributed by atoms with van der Waals surface area (Å²) < 4.78 is 5.34. The van der Waals surface area contributed by atoms with Crippen molar-refractivity contribution in [3.8, 4) is 0 Å². The van der Waals surface area contributed by atoms with E-state index in [9.17, 15) is 9.90 Å². The molecule has 18 heavy (non-hydrogen) atoms. The molecule has 2 unspecified atom stereocenters. The molecule has 0 aromatic carbocycles. The molecule has 104 valence electrons. The zero-order valence-corrected chi connectivity index (χ0v) is 10.8. The maximum absolute atomic E-state index is 11.2. The van der Waals surface area contributed by atoms with E-state index in [1.54, 1.807) is 0 Å². The number of rotatable bonds is 5. The van der Waals surface area contributed by atoms with E-state index in [1.807, 2.05) is 0 Å². The van der Waals surface area contributed by atoms with Gasteiger partial charge in [0.1, 0.15) is 6.04 Å². The number of hydrogen-bond acceptors (Lipinski definition) is 5. The Kier molecular flexibility index (Phi) is 4.94. The van der Waals surface area contributed by atoms with Crippen LogP contribution in [0, 0.1) is 0 Å². The van der Waals surface area contributed by atoms with E-state index in [0.717, 1.165) is 45.8 Å². The second-order valence-corrected chi connectivity index (χ2v) is 5.02. The molecule has 0 bridgehead atoms. The minimum atomic E-state index is -0.747. The van der Waals surface area contributed by atoms with Crippen LogP contribution < -0.4 is 5.73 Å². The first-order chi connectivity index (χ1) is 8.72. The molecule has 0 saturated carbocycles. The third-order valence-corrected chi connectivity index (χ3v) is 3.92. The molecule has 2 atom stereocenters. The number of hydrogen-bond donors (Lipinski definition) is 2. The summed E-state index contributed by atoms with van der Waals surface area (Å²) in [5, 5.41) is 9.23. The topological polar surface area (TPSA) is 79.0 Å². The van der Waals surface area contributed by atoms with E-state index in [1.165, 1.54) is 0 Å². The van der Waals surface area contributed by atoms with Gasteiger partial charge < -0.3 is 15.6 Å². The molecule has 0 aromatic heterocycles. The van der Waals surface area contributed by atoms with Crippen molar-refractivity contribution in [2.75, 3.05) is 45.9 Å². The Balaban J connectivity index is 1.87. The van der Waals surface area contributed by atoms with E-state index in [0.29, 0.717) is 19.0 Å². The third kappa shape index (κ3) is 3.20. The lowest BCUT2D eigenvalue weighted by atomic mass is 10.2.